The second-order valence-corrected chi connectivity index (χ2v) is 5.21. The van der Waals surface area contributed by atoms with Gasteiger partial charge in [0.2, 0.25) is 0 Å². The van der Waals surface area contributed by atoms with E-state index >= 15 is 0 Å². The second kappa shape index (κ2) is 5.91. The van der Waals surface area contributed by atoms with Crippen LogP contribution in [-0.2, 0) is 12.4 Å². The van der Waals surface area contributed by atoms with E-state index in [4.69, 9.17) is 5.26 Å². The van der Waals surface area contributed by atoms with Gasteiger partial charge in [-0.1, -0.05) is 0 Å². The summed E-state index contributed by atoms with van der Waals surface area (Å²) in [5, 5.41) is 18.5. The second-order valence-electron chi connectivity index (χ2n) is 5.21. The first-order valence-corrected chi connectivity index (χ1v) is 6.89. The lowest BCUT2D eigenvalue weighted by molar-refractivity contribution is -0.143. The van der Waals surface area contributed by atoms with Crippen LogP contribution in [0.2, 0.25) is 0 Å². The quantitative estimate of drug-likeness (QED) is 0.656. The van der Waals surface area contributed by atoms with E-state index in [0.717, 1.165) is 0 Å². The SMILES string of the molecule is N#Cc1n[nH]nc1-c1c[nH]cc1-c1cc(C(F)(F)F)cc(C(F)(F)F)c1. The molecule has 0 aliphatic rings. The van der Waals surface area contributed by atoms with Crippen molar-refractivity contribution in [2.75, 3.05) is 0 Å². The number of halogens is 6. The highest BCUT2D eigenvalue weighted by Gasteiger charge is 2.37. The van der Waals surface area contributed by atoms with Gasteiger partial charge in [-0.25, -0.2) is 0 Å². The normalized spacial score (nSPS) is 12.2. The smallest absolute Gasteiger partial charge is 0.366 e. The van der Waals surface area contributed by atoms with Crippen molar-refractivity contribution in [3.05, 3.63) is 47.4 Å². The van der Waals surface area contributed by atoms with E-state index in [0.29, 0.717) is 12.1 Å². The molecule has 0 spiro atoms. The summed E-state index contributed by atoms with van der Waals surface area (Å²) in [4.78, 5) is 2.60. The molecule has 0 saturated heterocycles. The maximum Gasteiger partial charge on any atom is 0.416 e. The number of H-pyrrole nitrogens is 2. The summed E-state index contributed by atoms with van der Waals surface area (Å²) in [6.07, 6.45) is -7.39. The van der Waals surface area contributed by atoms with Gasteiger partial charge in [0.1, 0.15) is 11.8 Å². The largest absolute Gasteiger partial charge is 0.416 e. The fourth-order valence-corrected chi connectivity index (χ4v) is 2.41. The Labute approximate surface area is 141 Å². The molecule has 0 radical (unpaired) electrons. The lowest BCUT2D eigenvalue weighted by atomic mass is 9.97. The Hall–Kier alpha value is -3.29. The molecule has 0 atom stereocenters. The van der Waals surface area contributed by atoms with Crippen molar-refractivity contribution in [3.63, 3.8) is 0 Å². The van der Waals surface area contributed by atoms with Crippen molar-refractivity contribution in [1.29, 1.82) is 5.26 Å². The van der Waals surface area contributed by atoms with Crippen LogP contribution >= 0.6 is 0 Å². The molecule has 5 nitrogen and oxygen atoms in total. The highest BCUT2D eigenvalue weighted by atomic mass is 19.4. The molecule has 3 rings (SSSR count). The van der Waals surface area contributed by atoms with Gasteiger partial charge in [0.25, 0.3) is 0 Å². The number of nitriles is 1. The molecule has 2 N–H and O–H groups in total. The highest BCUT2D eigenvalue weighted by molar-refractivity contribution is 5.83. The molecular formula is C15H7F6N5. The van der Waals surface area contributed by atoms with Gasteiger partial charge in [-0.3, -0.25) is 0 Å². The van der Waals surface area contributed by atoms with Gasteiger partial charge in [-0.05, 0) is 23.8 Å². The average Bonchev–Trinajstić information content (AvgIpc) is 3.21. The predicted octanol–water partition coefficient (Wildman–Crippen LogP) is 4.38. The van der Waals surface area contributed by atoms with E-state index in [9.17, 15) is 26.3 Å². The first-order valence-electron chi connectivity index (χ1n) is 6.89. The molecule has 1 aromatic carbocycles. The van der Waals surface area contributed by atoms with Gasteiger partial charge >= 0.3 is 12.4 Å². The van der Waals surface area contributed by atoms with Crippen LogP contribution in [-0.4, -0.2) is 20.4 Å². The van der Waals surface area contributed by atoms with Crippen molar-refractivity contribution < 1.29 is 26.3 Å². The number of nitrogens with one attached hydrogen (secondary N) is 2. The number of benzene rings is 1. The van der Waals surface area contributed by atoms with Gasteiger partial charge < -0.3 is 4.98 Å². The summed E-state index contributed by atoms with van der Waals surface area (Å²) in [6, 6.07) is 2.99. The first-order chi connectivity index (χ1) is 12.1. The molecule has 3 aromatic rings. The van der Waals surface area contributed by atoms with Crippen molar-refractivity contribution >= 4 is 0 Å². The summed E-state index contributed by atoms with van der Waals surface area (Å²) in [7, 11) is 0. The topological polar surface area (TPSA) is 81.2 Å². The molecule has 0 bridgehead atoms. The Balaban J connectivity index is 2.23. The number of alkyl halides is 6. The summed E-state index contributed by atoms with van der Waals surface area (Å²) in [5.74, 6) is 0. The number of aromatic amines is 2. The molecule has 2 heterocycles. The minimum absolute atomic E-state index is 0.00900. The van der Waals surface area contributed by atoms with Crippen LogP contribution in [0.15, 0.2) is 30.6 Å². The molecule has 26 heavy (non-hydrogen) atoms. The Morgan fingerprint density at radius 3 is 1.96 bits per heavy atom. The summed E-state index contributed by atoms with van der Waals surface area (Å²) >= 11 is 0. The molecule has 0 aliphatic carbocycles. The minimum Gasteiger partial charge on any atom is -0.366 e. The molecule has 134 valence electrons. The van der Waals surface area contributed by atoms with Crippen LogP contribution in [0.4, 0.5) is 26.3 Å². The van der Waals surface area contributed by atoms with Gasteiger partial charge in [0, 0.05) is 23.5 Å². The number of aromatic nitrogens is 4. The molecule has 11 heteroatoms. The van der Waals surface area contributed by atoms with Gasteiger partial charge in [-0.2, -0.15) is 41.9 Å². The van der Waals surface area contributed by atoms with E-state index in [1.807, 2.05) is 0 Å². The van der Waals surface area contributed by atoms with Gasteiger partial charge in [-0.15, -0.1) is 5.10 Å². The fraction of sp³-hybridized carbons (Fsp3) is 0.133. The number of nitrogens with zero attached hydrogens (tertiary/aromatic N) is 3. The Morgan fingerprint density at radius 2 is 1.42 bits per heavy atom. The number of hydrogen-bond donors (Lipinski definition) is 2. The predicted molar refractivity (Wildman–Crippen MR) is 76.3 cm³/mol. The molecular weight excluding hydrogens is 364 g/mol. The van der Waals surface area contributed by atoms with Crippen LogP contribution in [0.1, 0.15) is 16.8 Å². The van der Waals surface area contributed by atoms with Crippen LogP contribution in [0.5, 0.6) is 0 Å². The van der Waals surface area contributed by atoms with Crippen LogP contribution in [0.25, 0.3) is 22.4 Å². The summed E-state index contributed by atoms with van der Waals surface area (Å²) in [5.41, 5.74) is -3.17. The molecule has 0 fully saturated rings. The zero-order chi connectivity index (χ0) is 19.1. The Bertz CT molecular complexity index is 957. The third kappa shape index (κ3) is 3.13. The number of rotatable bonds is 2. The molecule has 0 amide bonds. The van der Waals surface area contributed by atoms with Gasteiger partial charge in [0.15, 0.2) is 5.69 Å². The highest BCUT2D eigenvalue weighted by Crippen LogP contribution is 2.40. The standard InChI is InChI=1S/C15H7F6N5/c16-14(17,18)8-1-7(2-9(3-8)15(19,20)21)10-5-23-6-11(10)13-12(4-22)24-26-25-13/h1-3,5-6,23H,(H,24,25,26). The zero-order valence-corrected chi connectivity index (χ0v) is 12.5. The lowest BCUT2D eigenvalue weighted by Crippen LogP contribution is -2.11. The minimum atomic E-state index is -4.96. The molecule has 0 aliphatic heterocycles. The lowest BCUT2D eigenvalue weighted by Gasteiger charge is -2.14. The van der Waals surface area contributed by atoms with Crippen molar-refractivity contribution in [2.24, 2.45) is 0 Å². The third-order valence-corrected chi connectivity index (χ3v) is 3.55. The number of hydrogen-bond acceptors (Lipinski definition) is 3. The summed E-state index contributed by atoms with van der Waals surface area (Å²) < 4.78 is 78.1. The van der Waals surface area contributed by atoms with Gasteiger partial charge in [0.05, 0.1) is 11.1 Å². The van der Waals surface area contributed by atoms with E-state index in [-0.39, 0.29) is 34.1 Å². The Morgan fingerprint density at radius 1 is 0.846 bits per heavy atom. The van der Waals surface area contributed by atoms with E-state index in [1.54, 1.807) is 6.07 Å². The van der Waals surface area contributed by atoms with E-state index < -0.39 is 23.5 Å². The molecule has 2 aromatic heterocycles. The molecule has 0 unspecified atom stereocenters. The van der Waals surface area contributed by atoms with Crippen LogP contribution in [0.3, 0.4) is 0 Å². The van der Waals surface area contributed by atoms with Crippen molar-refractivity contribution in [3.8, 4) is 28.5 Å². The zero-order valence-electron chi connectivity index (χ0n) is 12.5. The molecule has 0 saturated carbocycles. The van der Waals surface area contributed by atoms with Crippen molar-refractivity contribution in [1.82, 2.24) is 20.4 Å². The van der Waals surface area contributed by atoms with Crippen LogP contribution < -0.4 is 0 Å². The average molecular weight is 371 g/mol. The van der Waals surface area contributed by atoms with Crippen LogP contribution in [0, 0.1) is 11.3 Å². The van der Waals surface area contributed by atoms with E-state index in [2.05, 4.69) is 20.4 Å². The monoisotopic (exact) mass is 371 g/mol. The summed E-state index contributed by atoms with van der Waals surface area (Å²) in [6.45, 7) is 0. The maximum absolute atomic E-state index is 13.0. The third-order valence-electron chi connectivity index (χ3n) is 3.55. The maximum atomic E-state index is 13.0. The fourth-order valence-electron chi connectivity index (χ4n) is 2.41. The van der Waals surface area contributed by atoms with E-state index in [1.165, 1.54) is 12.4 Å². The first kappa shape index (κ1) is 17.5. The van der Waals surface area contributed by atoms with Crippen molar-refractivity contribution in [2.45, 2.75) is 12.4 Å². The Kier molecular flexibility index (Phi) is 3.98.